The molecule has 8 heteroatoms. The second kappa shape index (κ2) is 7.42. The molecule has 2 aromatic rings. The fraction of sp³-hybridized carbons (Fsp3) is 0.421. The molecule has 5 nitrogen and oxygen atoms in total. The molecule has 1 saturated carbocycles. The first-order chi connectivity index (χ1) is 12.7. The number of furan rings is 1. The lowest BCUT2D eigenvalue weighted by molar-refractivity contribution is -0.0150. The predicted octanol–water partition coefficient (Wildman–Crippen LogP) is 4.16. The van der Waals surface area contributed by atoms with E-state index in [1.165, 1.54) is 0 Å². The van der Waals surface area contributed by atoms with Gasteiger partial charge < -0.3 is 20.2 Å². The highest BCUT2D eigenvalue weighted by Gasteiger charge is 2.47. The third kappa shape index (κ3) is 3.76. The molecule has 1 aliphatic carbocycles. The molecule has 1 aliphatic rings. The van der Waals surface area contributed by atoms with E-state index in [1.54, 1.807) is 32.0 Å². The Morgan fingerprint density at radius 2 is 2.15 bits per heavy atom. The number of alkyl halides is 2. The monoisotopic (exact) mass is 396 g/mol. The summed E-state index contributed by atoms with van der Waals surface area (Å²) in [6.45, 7) is 3.54. The number of carbonyl (C=O) groups is 1. The molecule has 0 aliphatic heterocycles. The molecule has 0 spiro atoms. The van der Waals surface area contributed by atoms with Gasteiger partial charge in [0.1, 0.15) is 29.2 Å². The lowest BCUT2D eigenvalue weighted by Gasteiger charge is -2.41. The van der Waals surface area contributed by atoms with Crippen LogP contribution in [0.3, 0.4) is 0 Å². The number of benzene rings is 1. The van der Waals surface area contributed by atoms with Crippen LogP contribution in [0.4, 0.5) is 8.78 Å². The Morgan fingerprint density at radius 3 is 2.70 bits per heavy atom. The Balaban J connectivity index is 1.88. The SMILES string of the molecule is C/C(N)=C(/S)COc1ccc2oc(C)c(C(=O)NC3(C(F)F)CCC3)c2c1. The van der Waals surface area contributed by atoms with Crippen molar-refractivity contribution in [2.75, 3.05) is 6.61 Å². The highest BCUT2D eigenvalue weighted by atomic mass is 32.1. The van der Waals surface area contributed by atoms with Crippen molar-refractivity contribution in [2.24, 2.45) is 5.73 Å². The minimum Gasteiger partial charge on any atom is -0.488 e. The normalized spacial score (nSPS) is 16.8. The number of nitrogens with two attached hydrogens (primary N) is 1. The molecule has 1 aromatic carbocycles. The summed E-state index contributed by atoms with van der Waals surface area (Å²) in [5.74, 6) is 0.310. The Hall–Kier alpha value is -2.22. The van der Waals surface area contributed by atoms with Gasteiger partial charge in [-0.05, 0) is 51.3 Å². The van der Waals surface area contributed by atoms with Gasteiger partial charge in [-0.2, -0.15) is 0 Å². The Kier molecular flexibility index (Phi) is 5.37. The topological polar surface area (TPSA) is 77.5 Å². The van der Waals surface area contributed by atoms with Crippen LogP contribution < -0.4 is 15.8 Å². The first-order valence-corrected chi connectivity index (χ1v) is 9.09. The molecule has 3 rings (SSSR count). The van der Waals surface area contributed by atoms with Crippen LogP contribution >= 0.6 is 12.6 Å². The summed E-state index contributed by atoms with van der Waals surface area (Å²) < 4.78 is 38.0. The summed E-state index contributed by atoms with van der Waals surface area (Å²) in [5, 5.41) is 3.04. The number of thiol groups is 1. The van der Waals surface area contributed by atoms with Crippen LogP contribution in [0.25, 0.3) is 11.0 Å². The van der Waals surface area contributed by atoms with Crippen molar-refractivity contribution in [1.82, 2.24) is 5.32 Å². The second-order valence-corrected chi connectivity index (χ2v) is 7.41. The zero-order valence-corrected chi connectivity index (χ0v) is 16.0. The van der Waals surface area contributed by atoms with Crippen molar-refractivity contribution < 1.29 is 22.7 Å². The van der Waals surface area contributed by atoms with Gasteiger partial charge in [-0.3, -0.25) is 4.79 Å². The number of allylic oxidation sites excluding steroid dienone is 1. The van der Waals surface area contributed by atoms with Gasteiger partial charge in [0.25, 0.3) is 12.3 Å². The summed E-state index contributed by atoms with van der Waals surface area (Å²) in [6, 6.07) is 5.04. The molecule has 1 fully saturated rings. The van der Waals surface area contributed by atoms with Crippen LogP contribution in [-0.2, 0) is 0 Å². The van der Waals surface area contributed by atoms with Gasteiger partial charge in [-0.15, -0.1) is 12.6 Å². The Morgan fingerprint density at radius 1 is 1.44 bits per heavy atom. The quantitative estimate of drug-likeness (QED) is 0.641. The van der Waals surface area contributed by atoms with Gasteiger partial charge in [-0.25, -0.2) is 8.78 Å². The lowest BCUT2D eigenvalue weighted by atomic mass is 9.77. The molecule has 1 aromatic heterocycles. The van der Waals surface area contributed by atoms with Crippen LogP contribution in [-0.4, -0.2) is 24.5 Å². The molecule has 3 N–H and O–H groups in total. The number of halogens is 2. The molecule has 27 heavy (non-hydrogen) atoms. The molecular weight excluding hydrogens is 374 g/mol. The average molecular weight is 396 g/mol. The number of carbonyl (C=O) groups excluding carboxylic acids is 1. The van der Waals surface area contributed by atoms with E-state index < -0.39 is 17.9 Å². The maximum absolute atomic E-state index is 13.4. The fourth-order valence-corrected chi connectivity index (χ4v) is 3.15. The third-order valence-electron chi connectivity index (χ3n) is 4.92. The third-order valence-corrected chi connectivity index (χ3v) is 5.40. The zero-order chi connectivity index (χ0) is 19.8. The van der Waals surface area contributed by atoms with Crippen molar-refractivity contribution in [2.45, 2.75) is 45.1 Å². The Bertz CT molecular complexity index is 900. The summed E-state index contributed by atoms with van der Waals surface area (Å²) in [6.07, 6.45) is -1.38. The molecule has 0 radical (unpaired) electrons. The highest BCUT2D eigenvalue weighted by Crippen LogP contribution is 2.38. The van der Waals surface area contributed by atoms with Crippen molar-refractivity contribution in [3.8, 4) is 5.75 Å². The van der Waals surface area contributed by atoms with Crippen LogP contribution in [0, 0.1) is 6.92 Å². The van der Waals surface area contributed by atoms with Gasteiger partial charge in [0.05, 0.1) is 5.56 Å². The van der Waals surface area contributed by atoms with Gasteiger partial charge in [0.15, 0.2) is 0 Å². The van der Waals surface area contributed by atoms with E-state index in [0.29, 0.717) is 39.5 Å². The van der Waals surface area contributed by atoms with E-state index in [2.05, 4.69) is 17.9 Å². The average Bonchev–Trinajstić information content (AvgIpc) is 2.90. The largest absolute Gasteiger partial charge is 0.488 e. The summed E-state index contributed by atoms with van der Waals surface area (Å²) in [5.41, 5.74) is 5.50. The van der Waals surface area contributed by atoms with Crippen molar-refractivity contribution in [1.29, 1.82) is 0 Å². The predicted molar refractivity (Wildman–Crippen MR) is 102 cm³/mol. The van der Waals surface area contributed by atoms with Crippen LogP contribution in [0.15, 0.2) is 33.2 Å². The number of hydrogen-bond donors (Lipinski definition) is 3. The van der Waals surface area contributed by atoms with E-state index in [0.717, 1.165) is 0 Å². The van der Waals surface area contributed by atoms with Crippen LogP contribution in [0.1, 0.15) is 42.3 Å². The van der Waals surface area contributed by atoms with Gasteiger partial charge in [0.2, 0.25) is 0 Å². The van der Waals surface area contributed by atoms with Gasteiger partial charge in [-0.1, -0.05) is 0 Å². The van der Waals surface area contributed by atoms with Crippen molar-refractivity contribution in [3.05, 3.63) is 40.1 Å². The van der Waals surface area contributed by atoms with Crippen molar-refractivity contribution >= 4 is 29.5 Å². The number of fused-ring (bicyclic) bond motifs is 1. The second-order valence-electron chi connectivity index (χ2n) is 6.87. The lowest BCUT2D eigenvalue weighted by Crippen LogP contribution is -2.58. The number of hydrogen-bond acceptors (Lipinski definition) is 5. The van der Waals surface area contributed by atoms with E-state index in [9.17, 15) is 13.6 Å². The maximum atomic E-state index is 13.4. The highest BCUT2D eigenvalue weighted by molar-refractivity contribution is 7.84. The smallest absolute Gasteiger partial charge is 0.261 e. The van der Waals surface area contributed by atoms with E-state index >= 15 is 0 Å². The van der Waals surface area contributed by atoms with Crippen LogP contribution in [0.2, 0.25) is 0 Å². The Labute approximate surface area is 161 Å². The fourth-order valence-electron chi connectivity index (χ4n) is 3.08. The minimum absolute atomic E-state index is 0.184. The molecule has 0 saturated heterocycles. The number of nitrogens with one attached hydrogen (secondary N) is 1. The zero-order valence-electron chi connectivity index (χ0n) is 15.1. The summed E-state index contributed by atoms with van der Waals surface area (Å²) >= 11 is 4.24. The molecular formula is C19H22F2N2O3S. The first-order valence-electron chi connectivity index (χ1n) is 8.64. The van der Waals surface area contributed by atoms with E-state index in [1.807, 2.05) is 0 Å². The molecule has 0 atom stereocenters. The van der Waals surface area contributed by atoms with Crippen LogP contribution in [0.5, 0.6) is 5.75 Å². The molecule has 0 bridgehead atoms. The maximum Gasteiger partial charge on any atom is 0.261 e. The number of amides is 1. The van der Waals surface area contributed by atoms with Gasteiger partial charge in [0, 0.05) is 16.0 Å². The standard InChI is InChI=1S/C19H22F2N2O3S/c1-10(22)15(27)9-25-12-4-5-14-13(8-12)16(11(2)26-14)17(24)23-19(18(20)21)6-3-7-19/h4-5,8,18,27H,3,6-7,9,22H2,1-2H3,(H,23,24)/b15-10-. The van der Waals surface area contributed by atoms with Gasteiger partial charge >= 0.3 is 0 Å². The molecule has 1 amide bonds. The molecule has 146 valence electrons. The number of ether oxygens (including phenoxy) is 1. The molecule has 1 heterocycles. The van der Waals surface area contributed by atoms with E-state index in [-0.39, 0.29) is 25.0 Å². The van der Waals surface area contributed by atoms with Crippen molar-refractivity contribution in [3.63, 3.8) is 0 Å². The summed E-state index contributed by atoms with van der Waals surface area (Å²) in [7, 11) is 0. The van der Waals surface area contributed by atoms with E-state index in [4.69, 9.17) is 14.9 Å². The molecule has 0 unspecified atom stereocenters. The number of aryl methyl sites for hydroxylation is 1. The summed E-state index contributed by atoms with van der Waals surface area (Å²) in [4.78, 5) is 13.3. The minimum atomic E-state index is -2.60. The first kappa shape index (κ1) is 19.5. The number of rotatable bonds is 6.